The van der Waals surface area contributed by atoms with E-state index in [0.29, 0.717) is 6.04 Å². The maximum absolute atomic E-state index is 5.57. The second-order valence-corrected chi connectivity index (χ2v) is 4.98. The van der Waals surface area contributed by atoms with Crippen molar-refractivity contribution >= 4 is 5.95 Å². The largest absolute Gasteiger partial charge is 0.461 e. The van der Waals surface area contributed by atoms with Gasteiger partial charge in [0.2, 0.25) is 5.95 Å². The van der Waals surface area contributed by atoms with Crippen LogP contribution in [0.1, 0.15) is 12.7 Å². The molecule has 1 unspecified atom stereocenters. The van der Waals surface area contributed by atoms with Crippen LogP contribution in [0.25, 0.3) is 11.3 Å². The van der Waals surface area contributed by atoms with Gasteiger partial charge in [-0.3, -0.25) is 0 Å². The van der Waals surface area contributed by atoms with Crippen LogP contribution < -0.4 is 10.2 Å². The van der Waals surface area contributed by atoms with Crippen LogP contribution in [0.2, 0.25) is 0 Å². The zero-order chi connectivity index (χ0) is 13.2. The van der Waals surface area contributed by atoms with Gasteiger partial charge in [-0.1, -0.05) is 0 Å². The lowest BCUT2D eigenvalue weighted by Gasteiger charge is -2.31. The third kappa shape index (κ3) is 2.61. The molecule has 5 heteroatoms. The molecule has 1 N–H and O–H groups in total. The topological polar surface area (TPSA) is 54.2 Å². The number of rotatable bonds is 2. The molecule has 0 aliphatic carbocycles. The van der Waals surface area contributed by atoms with Crippen molar-refractivity contribution in [3.8, 4) is 11.3 Å². The second-order valence-electron chi connectivity index (χ2n) is 4.98. The Hall–Kier alpha value is -1.88. The zero-order valence-corrected chi connectivity index (χ0v) is 11.3. The average Bonchev–Trinajstić information content (AvgIpc) is 2.86. The van der Waals surface area contributed by atoms with Gasteiger partial charge < -0.3 is 14.6 Å². The van der Waals surface area contributed by atoms with Crippen LogP contribution in [0, 0.1) is 6.92 Å². The fourth-order valence-electron chi connectivity index (χ4n) is 2.32. The Balaban J connectivity index is 1.78. The Labute approximate surface area is 112 Å². The molecule has 2 aromatic rings. The molecular weight excluding hydrogens is 240 g/mol. The average molecular weight is 258 g/mol. The monoisotopic (exact) mass is 258 g/mol. The normalized spacial score (nSPS) is 19.7. The van der Waals surface area contributed by atoms with Gasteiger partial charge in [0, 0.05) is 38.1 Å². The molecule has 5 nitrogen and oxygen atoms in total. The maximum atomic E-state index is 5.57. The minimum atomic E-state index is 0.477. The van der Waals surface area contributed by atoms with Crippen LogP contribution in [-0.4, -0.2) is 35.6 Å². The number of nitrogens with zero attached hydrogens (tertiary/aromatic N) is 3. The molecule has 100 valence electrons. The number of hydrogen-bond acceptors (Lipinski definition) is 5. The van der Waals surface area contributed by atoms with E-state index in [1.54, 1.807) is 0 Å². The Morgan fingerprint density at radius 1 is 1.32 bits per heavy atom. The number of furan rings is 1. The smallest absolute Gasteiger partial charge is 0.225 e. The van der Waals surface area contributed by atoms with Crippen LogP contribution in [0.4, 0.5) is 5.95 Å². The molecule has 1 atom stereocenters. The van der Waals surface area contributed by atoms with Gasteiger partial charge in [0.05, 0.1) is 5.56 Å². The molecule has 3 rings (SSSR count). The quantitative estimate of drug-likeness (QED) is 0.890. The maximum Gasteiger partial charge on any atom is 0.225 e. The van der Waals surface area contributed by atoms with Crippen molar-refractivity contribution in [2.75, 3.05) is 24.5 Å². The molecule has 0 bridgehead atoms. The van der Waals surface area contributed by atoms with Crippen LogP contribution >= 0.6 is 0 Å². The summed E-state index contributed by atoms with van der Waals surface area (Å²) in [6, 6.07) is 4.37. The minimum Gasteiger partial charge on any atom is -0.461 e. The van der Waals surface area contributed by atoms with Crippen molar-refractivity contribution in [1.82, 2.24) is 15.3 Å². The molecule has 0 radical (unpaired) electrons. The van der Waals surface area contributed by atoms with Crippen molar-refractivity contribution in [3.05, 3.63) is 30.3 Å². The fourth-order valence-corrected chi connectivity index (χ4v) is 2.32. The molecule has 1 fully saturated rings. The number of nitrogens with one attached hydrogen (secondary N) is 1. The lowest BCUT2D eigenvalue weighted by atomic mass is 10.2. The first-order chi connectivity index (χ1) is 9.22. The Morgan fingerprint density at radius 2 is 2.11 bits per heavy atom. The summed E-state index contributed by atoms with van der Waals surface area (Å²) in [6.07, 6.45) is 3.65. The van der Waals surface area contributed by atoms with Crippen molar-refractivity contribution in [3.63, 3.8) is 0 Å². The number of aryl methyl sites for hydroxylation is 1. The summed E-state index contributed by atoms with van der Waals surface area (Å²) in [5.41, 5.74) is 0.917. The second kappa shape index (κ2) is 5.01. The van der Waals surface area contributed by atoms with Crippen LogP contribution in [0.3, 0.4) is 0 Å². The summed E-state index contributed by atoms with van der Waals surface area (Å²) < 4.78 is 5.57. The van der Waals surface area contributed by atoms with Crippen molar-refractivity contribution < 1.29 is 4.42 Å². The predicted molar refractivity (Wildman–Crippen MR) is 74.1 cm³/mol. The summed E-state index contributed by atoms with van der Waals surface area (Å²) in [7, 11) is 0. The number of hydrogen-bond donors (Lipinski definition) is 1. The Bertz CT molecular complexity index is 549. The molecule has 1 aliphatic heterocycles. The molecule has 2 aromatic heterocycles. The Morgan fingerprint density at radius 3 is 2.74 bits per heavy atom. The van der Waals surface area contributed by atoms with Gasteiger partial charge in [-0.05, 0) is 26.0 Å². The van der Waals surface area contributed by atoms with E-state index in [2.05, 4.69) is 27.1 Å². The van der Waals surface area contributed by atoms with Crippen molar-refractivity contribution in [1.29, 1.82) is 0 Å². The predicted octanol–water partition coefficient (Wildman–Crippen LogP) is 1.84. The highest BCUT2D eigenvalue weighted by Crippen LogP contribution is 2.21. The van der Waals surface area contributed by atoms with E-state index < -0.39 is 0 Å². The van der Waals surface area contributed by atoms with Crippen LogP contribution in [0.15, 0.2) is 28.9 Å². The molecule has 3 heterocycles. The summed E-state index contributed by atoms with van der Waals surface area (Å²) in [5, 5.41) is 3.41. The lowest BCUT2D eigenvalue weighted by molar-refractivity contribution is 0.479. The molecule has 0 saturated carbocycles. The summed E-state index contributed by atoms with van der Waals surface area (Å²) >= 11 is 0. The van der Waals surface area contributed by atoms with Gasteiger partial charge in [-0.15, -0.1) is 0 Å². The summed E-state index contributed by atoms with van der Waals surface area (Å²) in [5.74, 6) is 2.51. The van der Waals surface area contributed by atoms with Crippen molar-refractivity contribution in [2.24, 2.45) is 0 Å². The van der Waals surface area contributed by atoms with Crippen LogP contribution in [-0.2, 0) is 0 Å². The first-order valence-corrected chi connectivity index (χ1v) is 6.59. The van der Waals surface area contributed by atoms with E-state index in [4.69, 9.17) is 4.42 Å². The van der Waals surface area contributed by atoms with E-state index in [0.717, 1.165) is 42.7 Å². The van der Waals surface area contributed by atoms with E-state index in [1.807, 2.05) is 31.5 Å². The molecular formula is C14H18N4O. The van der Waals surface area contributed by atoms with E-state index in [1.165, 1.54) is 0 Å². The van der Waals surface area contributed by atoms with Gasteiger partial charge >= 0.3 is 0 Å². The van der Waals surface area contributed by atoms with E-state index in [9.17, 15) is 0 Å². The number of anilines is 1. The summed E-state index contributed by atoms with van der Waals surface area (Å²) in [6.45, 7) is 6.97. The lowest BCUT2D eigenvalue weighted by Crippen LogP contribution is -2.49. The third-order valence-electron chi connectivity index (χ3n) is 3.31. The van der Waals surface area contributed by atoms with Crippen LogP contribution in [0.5, 0.6) is 0 Å². The van der Waals surface area contributed by atoms with E-state index >= 15 is 0 Å². The number of aromatic nitrogens is 2. The standard InChI is InChI=1S/C14H18N4O/c1-10-9-18(6-5-15-10)14-16-7-12(8-17-14)13-4-3-11(2)19-13/h3-4,7-8,10,15H,5-6,9H2,1-2H3. The minimum absolute atomic E-state index is 0.477. The zero-order valence-electron chi connectivity index (χ0n) is 11.3. The third-order valence-corrected chi connectivity index (χ3v) is 3.31. The molecule has 1 aliphatic rings. The van der Waals surface area contributed by atoms with Gasteiger partial charge in [0.25, 0.3) is 0 Å². The molecule has 0 aromatic carbocycles. The van der Waals surface area contributed by atoms with Crippen molar-refractivity contribution in [2.45, 2.75) is 19.9 Å². The SMILES string of the molecule is Cc1ccc(-c2cnc(N3CCNC(C)C3)nc2)o1. The highest BCUT2D eigenvalue weighted by molar-refractivity contribution is 5.56. The highest BCUT2D eigenvalue weighted by Gasteiger charge is 2.17. The molecule has 0 amide bonds. The Kier molecular flexibility index (Phi) is 3.21. The van der Waals surface area contributed by atoms with Gasteiger partial charge in [0.1, 0.15) is 11.5 Å². The first-order valence-electron chi connectivity index (χ1n) is 6.59. The van der Waals surface area contributed by atoms with Gasteiger partial charge in [-0.2, -0.15) is 0 Å². The van der Waals surface area contributed by atoms with Gasteiger partial charge in [-0.25, -0.2) is 9.97 Å². The first kappa shape index (κ1) is 12.2. The summed E-state index contributed by atoms with van der Waals surface area (Å²) in [4.78, 5) is 11.1. The molecule has 0 spiro atoms. The molecule has 1 saturated heterocycles. The fraction of sp³-hybridized carbons (Fsp3) is 0.429. The van der Waals surface area contributed by atoms with Gasteiger partial charge in [0.15, 0.2) is 0 Å². The van der Waals surface area contributed by atoms with E-state index in [-0.39, 0.29) is 0 Å². The highest BCUT2D eigenvalue weighted by atomic mass is 16.3. The number of piperazine rings is 1. The molecule has 19 heavy (non-hydrogen) atoms.